The fraction of sp³-hybridized carbons (Fsp3) is 0.211. The van der Waals surface area contributed by atoms with E-state index in [2.05, 4.69) is 11.1 Å². The van der Waals surface area contributed by atoms with Crippen LogP contribution in [0.3, 0.4) is 0 Å². The summed E-state index contributed by atoms with van der Waals surface area (Å²) in [6.07, 6.45) is 0. The van der Waals surface area contributed by atoms with E-state index in [0.717, 1.165) is 22.2 Å². The third-order valence-electron chi connectivity index (χ3n) is 4.12. The molecule has 0 aliphatic rings. The van der Waals surface area contributed by atoms with Gasteiger partial charge >= 0.3 is 0 Å². The van der Waals surface area contributed by atoms with E-state index in [4.69, 9.17) is 0 Å². The maximum atomic E-state index is 12.9. The van der Waals surface area contributed by atoms with Gasteiger partial charge in [0.2, 0.25) is 0 Å². The van der Waals surface area contributed by atoms with E-state index in [0.29, 0.717) is 11.4 Å². The Morgan fingerprint density at radius 2 is 1.96 bits per heavy atom. The Morgan fingerprint density at radius 3 is 2.61 bits per heavy atom. The maximum absolute atomic E-state index is 12.9. The van der Waals surface area contributed by atoms with Crippen molar-refractivity contribution in [2.75, 3.05) is 0 Å². The normalized spacial score (nSPS) is 12.1. The highest BCUT2D eigenvalue weighted by Crippen LogP contribution is 2.25. The van der Waals surface area contributed by atoms with Crippen molar-refractivity contribution in [2.24, 2.45) is 7.05 Å². The van der Waals surface area contributed by atoms with Crippen molar-refractivity contribution in [3.05, 3.63) is 65.0 Å². The van der Waals surface area contributed by atoms with Gasteiger partial charge in [0.1, 0.15) is 5.82 Å². The van der Waals surface area contributed by atoms with Crippen LogP contribution in [-0.2, 0) is 7.05 Å². The molecule has 3 aromatic rings. The van der Waals surface area contributed by atoms with E-state index >= 15 is 0 Å². The number of aryl methyl sites for hydroxylation is 3. The van der Waals surface area contributed by atoms with Crippen molar-refractivity contribution < 1.29 is 4.79 Å². The number of nitrogens with zero attached hydrogens (tertiary/aromatic N) is 3. The lowest BCUT2D eigenvalue weighted by atomic mass is 9.94. The largest absolute Gasteiger partial charge is 0.330 e. The summed E-state index contributed by atoms with van der Waals surface area (Å²) >= 11 is 0. The van der Waals surface area contributed by atoms with Crippen molar-refractivity contribution in [3.63, 3.8) is 0 Å². The van der Waals surface area contributed by atoms with E-state index in [1.807, 2.05) is 61.9 Å². The molecule has 0 amide bonds. The number of rotatable bonds is 3. The van der Waals surface area contributed by atoms with Crippen LogP contribution in [-0.4, -0.2) is 15.3 Å². The minimum Gasteiger partial charge on any atom is -0.330 e. The topological polar surface area (TPSA) is 58.7 Å². The summed E-state index contributed by atoms with van der Waals surface area (Å²) < 4.78 is 1.82. The lowest BCUT2D eigenvalue weighted by Gasteiger charge is -2.11. The summed E-state index contributed by atoms with van der Waals surface area (Å²) in [5, 5.41) is 9.58. The molecular weight excluding hydrogens is 286 g/mol. The van der Waals surface area contributed by atoms with Crippen LogP contribution in [0, 0.1) is 25.2 Å². The molecule has 1 unspecified atom stereocenters. The molecule has 1 atom stereocenters. The molecule has 0 spiro atoms. The Bertz CT molecular complexity index is 947. The molecule has 4 nitrogen and oxygen atoms in total. The first kappa shape index (κ1) is 15.0. The van der Waals surface area contributed by atoms with Crippen LogP contribution >= 0.6 is 0 Å². The van der Waals surface area contributed by atoms with E-state index in [-0.39, 0.29) is 5.78 Å². The average molecular weight is 303 g/mol. The van der Waals surface area contributed by atoms with Gasteiger partial charge in [-0.25, -0.2) is 4.98 Å². The monoisotopic (exact) mass is 303 g/mol. The summed E-state index contributed by atoms with van der Waals surface area (Å²) in [5.74, 6) is -0.629. The molecule has 0 saturated carbocycles. The SMILES string of the molecule is Cc1ccc(C(=O)C(C#N)c2nc3ccccc3n2C)c(C)c1. The van der Waals surface area contributed by atoms with Gasteiger partial charge in [0.05, 0.1) is 17.1 Å². The molecule has 114 valence electrons. The van der Waals surface area contributed by atoms with Gasteiger partial charge in [0.25, 0.3) is 0 Å². The Hall–Kier alpha value is -2.93. The Morgan fingerprint density at radius 1 is 1.22 bits per heavy atom. The van der Waals surface area contributed by atoms with Crippen LogP contribution in [0.5, 0.6) is 0 Å². The van der Waals surface area contributed by atoms with Crippen molar-refractivity contribution in [3.8, 4) is 6.07 Å². The zero-order chi connectivity index (χ0) is 16.6. The number of fused-ring (bicyclic) bond motifs is 1. The summed E-state index contributed by atoms with van der Waals surface area (Å²) in [6, 6.07) is 15.4. The second kappa shape index (κ2) is 5.69. The maximum Gasteiger partial charge on any atom is 0.187 e. The minimum absolute atomic E-state index is 0.205. The van der Waals surface area contributed by atoms with Crippen molar-refractivity contribution >= 4 is 16.8 Å². The van der Waals surface area contributed by atoms with Gasteiger partial charge in [-0.3, -0.25) is 4.79 Å². The second-order valence-electron chi connectivity index (χ2n) is 5.76. The molecule has 0 saturated heterocycles. The fourth-order valence-corrected chi connectivity index (χ4v) is 2.90. The lowest BCUT2D eigenvalue weighted by Crippen LogP contribution is -2.16. The minimum atomic E-state index is -0.909. The van der Waals surface area contributed by atoms with E-state index in [1.54, 1.807) is 6.07 Å². The summed E-state index contributed by atoms with van der Waals surface area (Å²) in [4.78, 5) is 17.4. The number of carbonyl (C=O) groups excluding carboxylic acids is 1. The van der Waals surface area contributed by atoms with E-state index < -0.39 is 5.92 Å². The van der Waals surface area contributed by atoms with Gasteiger partial charge in [-0.2, -0.15) is 5.26 Å². The van der Waals surface area contributed by atoms with Gasteiger partial charge < -0.3 is 4.57 Å². The molecule has 23 heavy (non-hydrogen) atoms. The fourth-order valence-electron chi connectivity index (χ4n) is 2.90. The summed E-state index contributed by atoms with van der Waals surface area (Å²) in [6.45, 7) is 3.87. The number of nitriles is 1. The molecular formula is C19H17N3O. The number of Topliss-reactive ketones (excluding diaryl/α,β-unsaturated/α-hetero) is 1. The number of hydrogen-bond acceptors (Lipinski definition) is 3. The number of carbonyl (C=O) groups is 1. The highest BCUT2D eigenvalue weighted by Gasteiger charge is 2.27. The molecule has 0 aliphatic heterocycles. The highest BCUT2D eigenvalue weighted by molar-refractivity contribution is 6.03. The number of para-hydroxylation sites is 2. The Kier molecular flexibility index (Phi) is 3.71. The van der Waals surface area contributed by atoms with Gasteiger partial charge in [0, 0.05) is 12.6 Å². The van der Waals surface area contributed by atoms with Crippen LogP contribution < -0.4 is 0 Å². The highest BCUT2D eigenvalue weighted by atomic mass is 16.1. The van der Waals surface area contributed by atoms with Crippen LogP contribution in [0.1, 0.15) is 33.2 Å². The van der Waals surface area contributed by atoms with Crippen LogP contribution in [0.4, 0.5) is 0 Å². The lowest BCUT2D eigenvalue weighted by molar-refractivity contribution is 0.0975. The second-order valence-corrected chi connectivity index (χ2v) is 5.76. The number of benzene rings is 2. The summed E-state index contributed by atoms with van der Waals surface area (Å²) in [7, 11) is 1.84. The quantitative estimate of drug-likeness (QED) is 0.693. The number of hydrogen-bond donors (Lipinski definition) is 0. The van der Waals surface area contributed by atoms with Gasteiger partial charge in [-0.1, -0.05) is 35.9 Å². The Balaban J connectivity index is 2.10. The van der Waals surface area contributed by atoms with Crippen LogP contribution in [0.2, 0.25) is 0 Å². The number of imidazole rings is 1. The first-order chi connectivity index (χ1) is 11.0. The van der Waals surface area contributed by atoms with Gasteiger partial charge in [-0.15, -0.1) is 0 Å². The smallest absolute Gasteiger partial charge is 0.187 e. The van der Waals surface area contributed by atoms with Crippen molar-refractivity contribution in [2.45, 2.75) is 19.8 Å². The zero-order valence-corrected chi connectivity index (χ0v) is 13.4. The van der Waals surface area contributed by atoms with E-state index in [9.17, 15) is 10.1 Å². The standard InChI is InChI=1S/C19H17N3O/c1-12-8-9-14(13(2)10-12)18(23)15(11-20)19-21-16-6-4-5-7-17(16)22(19)3/h4-10,15H,1-3H3. The predicted molar refractivity (Wildman–Crippen MR) is 89.3 cm³/mol. The van der Waals surface area contributed by atoms with Crippen molar-refractivity contribution in [1.29, 1.82) is 5.26 Å². The molecule has 0 fully saturated rings. The first-order valence-corrected chi connectivity index (χ1v) is 7.45. The molecule has 0 N–H and O–H groups in total. The molecule has 0 bridgehead atoms. The van der Waals surface area contributed by atoms with Crippen LogP contribution in [0.15, 0.2) is 42.5 Å². The molecule has 1 aromatic heterocycles. The molecule has 0 radical (unpaired) electrons. The average Bonchev–Trinajstić information content (AvgIpc) is 2.85. The summed E-state index contributed by atoms with van der Waals surface area (Å²) in [5.41, 5.74) is 4.26. The number of aromatic nitrogens is 2. The number of ketones is 1. The molecule has 3 rings (SSSR count). The third kappa shape index (κ3) is 2.51. The zero-order valence-electron chi connectivity index (χ0n) is 13.4. The Labute approximate surface area is 135 Å². The van der Waals surface area contributed by atoms with Gasteiger partial charge in [-0.05, 0) is 31.5 Å². The predicted octanol–water partition coefficient (Wildman–Crippen LogP) is 3.68. The molecule has 4 heteroatoms. The first-order valence-electron chi connectivity index (χ1n) is 7.45. The van der Waals surface area contributed by atoms with Crippen molar-refractivity contribution in [1.82, 2.24) is 9.55 Å². The van der Waals surface area contributed by atoms with Crippen LogP contribution in [0.25, 0.3) is 11.0 Å². The molecule has 2 aromatic carbocycles. The third-order valence-corrected chi connectivity index (χ3v) is 4.12. The van der Waals surface area contributed by atoms with Gasteiger partial charge in [0.15, 0.2) is 11.7 Å². The molecule has 0 aliphatic carbocycles. The molecule has 1 heterocycles. The van der Waals surface area contributed by atoms with E-state index in [1.165, 1.54) is 0 Å².